The Morgan fingerprint density at radius 2 is 1.64 bits per heavy atom. The Hall–Kier alpha value is -1.79. The Kier molecular flexibility index (Phi) is 10.9. The molecule has 0 fully saturated rings. The van der Waals surface area contributed by atoms with E-state index in [4.69, 9.17) is 9.47 Å². The predicted molar refractivity (Wildman–Crippen MR) is 93.9 cm³/mol. The molecular weight excluding hydrogens is 326 g/mol. The van der Waals surface area contributed by atoms with E-state index in [0.29, 0.717) is 18.3 Å². The molecule has 0 spiro atoms. The Labute approximate surface area is 150 Å². The second-order valence-electron chi connectivity index (χ2n) is 7.18. The first kappa shape index (κ1) is 23.2. The van der Waals surface area contributed by atoms with Crippen molar-refractivity contribution in [1.82, 2.24) is 5.32 Å². The second-order valence-corrected chi connectivity index (χ2v) is 7.18. The average molecular weight is 359 g/mol. The highest BCUT2D eigenvalue weighted by molar-refractivity contribution is 5.72. The molecule has 1 amide bonds. The fourth-order valence-electron chi connectivity index (χ4n) is 2.58. The van der Waals surface area contributed by atoms with Gasteiger partial charge in [-0.05, 0) is 24.7 Å². The van der Waals surface area contributed by atoms with Crippen molar-refractivity contribution in [2.24, 2.45) is 23.7 Å². The lowest BCUT2D eigenvalue weighted by molar-refractivity contribution is -0.172. The second kappa shape index (κ2) is 11.7. The average Bonchev–Trinajstić information content (AvgIpc) is 2.48. The maximum absolute atomic E-state index is 11.9. The van der Waals surface area contributed by atoms with Crippen LogP contribution in [0.2, 0.25) is 0 Å². The summed E-state index contributed by atoms with van der Waals surface area (Å²) in [5, 5.41) is 11.9. The van der Waals surface area contributed by atoms with Gasteiger partial charge in [0.2, 0.25) is 0 Å². The number of hydrogen-bond acceptors (Lipinski definition) is 5. The number of carboxylic acids is 1. The summed E-state index contributed by atoms with van der Waals surface area (Å²) < 4.78 is 9.99. The molecule has 7 nitrogen and oxygen atoms in total. The first-order valence-corrected chi connectivity index (χ1v) is 8.91. The van der Waals surface area contributed by atoms with Crippen LogP contribution in [0.1, 0.15) is 60.8 Å². The first-order valence-electron chi connectivity index (χ1n) is 8.91. The SMILES string of the molecule is CC[C@H](CC(C)C)C[C@@H](CNC(=O)O[C@@H](OC(C)=O)C(C)C)C(=O)O. The highest BCUT2D eigenvalue weighted by Crippen LogP contribution is 2.23. The number of carbonyl (C=O) groups excluding carboxylic acids is 2. The van der Waals surface area contributed by atoms with Crippen molar-refractivity contribution in [3.05, 3.63) is 0 Å². The number of aliphatic carboxylic acids is 1. The molecule has 0 radical (unpaired) electrons. The fourth-order valence-corrected chi connectivity index (χ4v) is 2.58. The van der Waals surface area contributed by atoms with E-state index in [1.54, 1.807) is 13.8 Å². The third kappa shape index (κ3) is 10.6. The maximum atomic E-state index is 11.9. The third-order valence-electron chi connectivity index (χ3n) is 3.89. The quantitative estimate of drug-likeness (QED) is 0.433. The summed E-state index contributed by atoms with van der Waals surface area (Å²) in [5.41, 5.74) is 0. The molecule has 0 aromatic rings. The summed E-state index contributed by atoms with van der Waals surface area (Å²) in [6.07, 6.45) is 0.566. The monoisotopic (exact) mass is 359 g/mol. The molecule has 0 aliphatic rings. The number of rotatable bonds is 11. The van der Waals surface area contributed by atoms with E-state index in [2.05, 4.69) is 19.2 Å². The van der Waals surface area contributed by atoms with Crippen molar-refractivity contribution in [3.8, 4) is 0 Å². The van der Waals surface area contributed by atoms with Gasteiger partial charge in [0.25, 0.3) is 6.29 Å². The number of amides is 1. The molecule has 0 unspecified atom stereocenters. The highest BCUT2D eigenvalue weighted by Gasteiger charge is 2.25. The molecule has 0 aliphatic carbocycles. The van der Waals surface area contributed by atoms with Gasteiger partial charge in [-0.2, -0.15) is 0 Å². The van der Waals surface area contributed by atoms with Gasteiger partial charge in [-0.1, -0.05) is 41.0 Å². The highest BCUT2D eigenvalue weighted by atomic mass is 16.7. The van der Waals surface area contributed by atoms with Crippen LogP contribution in [0.5, 0.6) is 0 Å². The standard InChI is InChI=1S/C18H33NO6/c1-7-14(8-11(2)3)9-15(16(21)22)10-19-18(23)25-17(12(4)5)24-13(6)20/h11-12,14-15,17H,7-10H2,1-6H3,(H,19,23)(H,21,22)/t14-,15+,17-/m1/s1. The summed E-state index contributed by atoms with van der Waals surface area (Å²) in [6.45, 7) is 11.0. The van der Waals surface area contributed by atoms with Gasteiger partial charge >= 0.3 is 18.0 Å². The molecule has 3 atom stereocenters. The van der Waals surface area contributed by atoms with Crippen LogP contribution in [-0.4, -0.2) is 36.0 Å². The van der Waals surface area contributed by atoms with Gasteiger partial charge in [0, 0.05) is 19.4 Å². The molecule has 0 aliphatic heterocycles. The van der Waals surface area contributed by atoms with Crippen LogP contribution in [0.4, 0.5) is 4.79 Å². The van der Waals surface area contributed by atoms with Crippen molar-refractivity contribution in [2.45, 2.75) is 67.1 Å². The minimum Gasteiger partial charge on any atom is -0.481 e. The van der Waals surface area contributed by atoms with E-state index < -0.39 is 30.2 Å². The molecule has 0 aromatic carbocycles. The normalized spacial score (nSPS) is 14.7. The molecule has 0 saturated heterocycles. The van der Waals surface area contributed by atoms with Gasteiger partial charge in [-0.3, -0.25) is 9.59 Å². The lowest BCUT2D eigenvalue weighted by atomic mass is 9.86. The van der Waals surface area contributed by atoms with E-state index in [-0.39, 0.29) is 12.5 Å². The molecule has 0 heterocycles. The smallest absolute Gasteiger partial charge is 0.410 e. The van der Waals surface area contributed by atoms with E-state index in [0.717, 1.165) is 12.8 Å². The number of alkyl carbamates (subject to hydrolysis) is 1. The van der Waals surface area contributed by atoms with Crippen molar-refractivity contribution < 1.29 is 29.0 Å². The van der Waals surface area contributed by atoms with Crippen LogP contribution in [0.15, 0.2) is 0 Å². The van der Waals surface area contributed by atoms with Crippen LogP contribution in [-0.2, 0) is 19.1 Å². The van der Waals surface area contributed by atoms with E-state index in [1.165, 1.54) is 6.92 Å². The van der Waals surface area contributed by atoms with Crippen molar-refractivity contribution in [2.75, 3.05) is 6.54 Å². The van der Waals surface area contributed by atoms with Gasteiger partial charge in [-0.25, -0.2) is 4.79 Å². The van der Waals surface area contributed by atoms with E-state index >= 15 is 0 Å². The van der Waals surface area contributed by atoms with Gasteiger partial charge in [0.1, 0.15) is 0 Å². The summed E-state index contributed by atoms with van der Waals surface area (Å²) in [4.78, 5) is 34.4. The number of carboxylic acid groups (broad SMARTS) is 1. The minimum atomic E-state index is -0.995. The third-order valence-corrected chi connectivity index (χ3v) is 3.89. The zero-order valence-electron chi connectivity index (χ0n) is 16.2. The molecular formula is C18H33NO6. The van der Waals surface area contributed by atoms with Crippen molar-refractivity contribution in [1.29, 1.82) is 0 Å². The number of hydrogen-bond donors (Lipinski definition) is 2. The topological polar surface area (TPSA) is 102 Å². The zero-order valence-corrected chi connectivity index (χ0v) is 16.2. The van der Waals surface area contributed by atoms with Crippen LogP contribution < -0.4 is 5.32 Å². The minimum absolute atomic E-state index is 0.0202. The van der Waals surface area contributed by atoms with Crippen LogP contribution in [0.3, 0.4) is 0 Å². The maximum Gasteiger partial charge on any atom is 0.410 e. The molecule has 0 saturated carbocycles. The number of ether oxygens (including phenoxy) is 2. The zero-order chi connectivity index (χ0) is 19.6. The lowest BCUT2D eigenvalue weighted by Gasteiger charge is -2.23. The van der Waals surface area contributed by atoms with E-state index in [1.807, 2.05) is 6.92 Å². The Balaban J connectivity index is 4.61. The van der Waals surface area contributed by atoms with E-state index in [9.17, 15) is 19.5 Å². The van der Waals surface area contributed by atoms with Gasteiger partial charge in [-0.15, -0.1) is 0 Å². The van der Waals surface area contributed by atoms with Crippen LogP contribution >= 0.6 is 0 Å². The molecule has 146 valence electrons. The molecule has 0 aromatic heterocycles. The first-order chi connectivity index (χ1) is 11.6. The summed E-state index contributed by atoms with van der Waals surface area (Å²) in [6, 6.07) is 0. The van der Waals surface area contributed by atoms with Crippen molar-refractivity contribution >= 4 is 18.0 Å². The largest absolute Gasteiger partial charge is 0.481 e. The lowest BCUT2D eigenvalue weighted by Crippen LogP contribution is -2.38. The number of esters is 1. The number of carbonyl (C=O) groups is 3. The molecule has 0 bridgehead atoms. The number of nitrogens with one attached hydrogen (secondary N) is 1. The van der Waals surface area contributed by atoms with Gasteiger partial charge in [0.05, 0.1) is 5.92 Å². The molecule has 0 rings (SSSR count). The predicted octanol–water partition coefficient (Wildman–Crippen LogP) is 3.42. The summed E-state index contributed by atoms with van der Waals surface area (Å²) in [5.74, 6) is -1.59. The van der Waals surface area contributed by atoms with Crippen LogP contribution in [0, 0.1) is 23.7 Å². The Bertz CT molecular complexity index is 435. The van der Waals surface area contributed by atoms with Crippen LogP contribution in [0.25, 0.3) is 0 Å². The Morgan fingerprint density at radius 3 is 2.04 bits per heavy atom. The molecule has 25 heavy (non-hydrogen) atoms. The molecule has 7 heteroatoms. The summed E-state index contributed by atoms with van der Waals surface area (Å²) >= 11 is 0. The summed E-state index contributed by atoms with van der Waals surface area (Å²) in [7, 11) is 0. The fraction of sp³-hybridized carbons (Fsp3) is 0.833. The van der Waals surface area contributed by atoms with Crippen molar-refractivity contribution in [3.63, 3.8) is 0 Å². The Morgan fingerprint density at radius 1 is 1.04 bits per heavy atom. The van der Waals surface area contributed by atoms with Gasteiger partial charge < -0.3 is 19.9 Å². The molecule has 2 N–H and O–H groups in total. The van der Waals surface area contributed by atoms with Gasteiger partial charge in [0.15, 0.2) is 0 Å².